The zero-order valence-corrected chi connectivity index (χ0v) is 19.5. The number of amides is 1. The molecule has 1 aliphatic rings. The minimum atomic E-state index is -3.77. The lowest BCUT2D eigenvalue weighted by Crippen LogP contribution is -2.29. The summed E-state index contributed by atoms with van der Waals surface area (Å²) >= 11 is 0. The second-order valence-electron chi connectivity index (χ2n) is 8.33. The van der Waals surface area contributed by atoms with Gasteiger partial charge in [0.25, 0.3) is 0 Å². The monoisotopic (exact) mass is 475 g/mol. The molecule has 3 aromatic carbocycles. The van der Waals surface area contributed by atoms with Crippen molar-refractivity contribution in [3.63, 3.8) is 0 Å². The van der Waals surface area contributed by atoms with E-state index >= 15 is 0 Å². The van der Waals surface area contributed by atoms with Crippen LogP contribution in [0.25, 0.3) is 10.9 Å². The van der Waals surface area contributed by atoms with Crippen molar-refractivity contribution in [3.8, 4) is 5.75 Å². The molecule has 34 heavy (non-hydrogen) atoms. The summed E-state index contributed by atoms with van der Waals surface area (Å²) < 4.78 is 34.6. The molecule has 3 N–H and O–H groups in total. The highest BCUT2D eigenvalue weighted by atomic mass is 32.2. The Bertz CT molecular complexity index is 1460. The molecule has 0 spiro atoms. The number of para-hydroxylation sites is 1. The zero-order chi connectivity index (χ0) is 23.7. The summed E-state index contributed by atoms with van der Waals surface area (Å²) in [6, 6.07) is 20.5. The standard InChI is InChI=1S/C26H25N3O4S/c1-33-19-9-6-17(7-10-19)22(23-15-27-25-5-3-2-4-21(23)25)16-28-34(31,32)20-11-12-24-18(14-20)8-13-26(30)29-24/h2-7,9-12,14-15,22,27-28H,8,13,16H2,1H3,(H,29,30). The molecule has 0 bridgehead atoms. The van der Waals surface area contributed by atoms with Gasteiger partial charge in [-0.3, -0.25) is 4.79 Å². The van der Waals surface area contributed by atoms with Crippen molar-refractivity contribution in [3.05, 3.63) is 89.6 Å². The van der Waals surface area contributed by atoms with Gasteiger partial charge in [-0.1, -0.05) is 30.3 Å². The molecule has 1 aliphatic heterocycles. The van der Waals surface area contributed by atoms with Crippen molar-refractivity contribution in [2.24, 2.45) is 0 Å². The highest BCUT2D eigenvalue weighted by Crippen LogP contribution is 2.32. The van der Waals surface area contributed by atoms with Gasteiger partial charge in [-0.25, -0.2) is 13.1 Å². The van der Waals surface area contributed by atoms with Crippen LogP contribution < -0.4 is 14.8 Å². The minimum Gasteiger partial charge on any atom is -0.497 e. The van der Waals surface area contributed by atoms with Gasteiger partial charge in [-0.2, -0.15) is 0 Å². The lowest BCUT2D eigenvalue weighted by molar-refractivity contribution is -0.116. The fourth-order valence-electron chi connectivity index (χ4n) is 4.43. The van der Waals surface area contributed by atoms with Gasteiger partial charge in [0.2, 0.25) is 15.9 Å². The Labute approximate surface area is 198 Å². The van der Waals surface area contributed by atoms with Gasteiger partial charge in [0.1, 0.15) is 5.75 Å². The number of H-pyrrole nitrogens is 1. The van der Waals surface area contributed by atoms with Crippen LogP contribution in [0.15, 0.2) is 77.8 Å². The van der Waals surface area contributed by atoms with Gasteiger partial charge in [-0.15, -0.1) is 0 Å². The van der Waals surface area contributed by atoms with Crippen molar-refractivity contribution >= 4 is 32.5 Å². The Morgan fingerprint density at radius 3 is 2.62 bits per heavy atom. The second kappa shape index (κ2) is 8.96. The number of carbonyl (C=O) groups is 1. The number of hydrogen-bond donors (Lipinski definition) is 3. The molecule has 2 heterocycles. The molecule has 0 saturated heterocycles. The maximum atomic E-state index is 13.2. The average Bonchev–Trinajstić information content (AvgIpc) is 3.28. The van der Waals surface area contributed by atoms with E-state index in [1.165, 1.54) is 6.07 Å². The quantitative estimate of drug-likeness (QED) is 0.373. The number of carbonyl (C=O) groups excluding carboxylic acids is 1. The fourth-order valence-corrected chi connectivity index (χ4v) is 5.53. The van der Waals surface area contributed by atoms with E-state index in [2.05, 4.69) is 15.0 Å². The number of hydrogen-bond acceptors (Lipinski definition) is 4. The van der Waals surface area contributed by atoms with Crippen molar-refractivity contribution in [2.45, 2.75) is 23.7 Å². The SMILES string of the molecule is COc1ccc(C(CNS(=O)(=O)c2ccc3c(c2)CCC(=O)N3)c2c[nH]c3ccccc23)cc1. The van der Waals surface area contributed by atoms with Crippen LogP contribution in [0, 0.1) is 0 Å². The Morgan fingerprint density at radius 1 is 1.03 bits per heavy atom. The molecule has 0 radical (unpaired) electrons. The van der Waals surface area contributed by atoms with E-state index in [1.807, 2.05) is 54.7 Å². The van der Waals surface area contributed by atoms with Crippen LogP contribution in [0.4, 0.5) is 5.69 Å². The van der Waals surface area contributed by atoms with E-state index in [0.29, 0.717) is 18.5 Å². The third-order valence-electron chi connectivity index (χ3n) is 6.27. The van der Waals surface area contributed by atoms with Crippen LogP contribution in [0.3, 0.4) is 0 Å². The van der Waals surface area contributed by atoms with Crippen LogP contribution in [-0.2, 0) is 21.2 Å². The molecular formula is C26H25N3O4S. The van der Waals surface area contributed by atoms with E-state index < -0.39 is 10.0 Å². The Morgan fingerprint density at radius 2 is 1.82 bits per heavy atom. The average molecular weight is 476 g/mol. The van der Waals surface area contributed by atoms with E-state index in [9.17, 15) is 13.2 Å². The Balaban J connectivity index is 1.46. The van der Waals surface area contributed by atoms with Crippen LogP contribution in [-0.4, -0.2) is 33.0 Å². The third-order valence-corrected chi connectivity index (χ3v) is 7.70. The van der Waals surface area contributed by atoms with Gasteiger partial charge in [0.05, 0.1) is 12.0 Å². The maximum Gasteiger partial charge on any atom is 0.240 e. The largest absolute Gasteiger partial charge is 0.497 e. The molecule has 7 nitrogen and oxygen atoms in total. The molecule has 0 fully saturated rings. The summed E-state index contributed by atoms with van der Waals surface area (Å²) in [5.74, 6) is 0.471. The predicted octanol–water partition coefficient (Wildman–Crippen LogP) is 4.17. The molecule has 1 amide bonds. The van der Waals surface area contributed by atoms with Crippen molar-refractivity contribution in [1.82, 2.24) is 9.71 Å². The van der Waals surface area contributed by atoms with E-state index in [0.717, 1.165) is 33.3 Å². The molecule has 5 rings (SSSR count). The summed E-state index contributed by atoms with van der Waals surface area (Å²) in [7, 11) is -2.15. The molecule has 1 atom stereocenters. The summed E-state index contributed by atoms with van der Waals surface area (Å²) in [4.78, 5) is 15.1. The number of sulfonamides is 1. The van der Waals surface area contributed by atoms with Gasteiger partial charge in [0.15, 0.2) is 0 Å². The number of aryl methyl sites for hydroxylation is 1. The summed E-state index contributed by atoms with van der Waals surface area (Å²) in [6.07, 6.45) is 2.81. The predicted molar refractivity (Wildman–Crippen MR) is 132 cm³/mol. The second-order valence-corrected chi connectivity index (χ2v) is 10.1. The first-order chi connectivity index (χ1) is 16.4. The molecule has 1 aromatic heterocycles. The van der Waals surface area contributed by atoms with Crippen molar-refractivity contribution < 1.29 is 17.9 Å². The van der Waals surface area contributed by atoms with Crippen LogP contribution in [0.5, 0.6) is 5.75 Å². The summed E-state index contributed by atoms with van der Waals surface area (Å²) in [5.41, 5.74) is 4.48. The Kier molecular flexibility index (Phi) is 5.85. The molecule has 0 saturated carbocycles. The lowest BCUT2D eigenvalue weighted by atomic mass is 9.91. The molecule has 174 valence electrons. The van der Waals surface area contributed by atoms with Crippen LogP contribution in [0.2, 0.25) is 0 Å². The van der Waals surface area contributed by atoms with Gasteiger partial charge >= 0.3 is 0 Å². The number of methoxy groups -OCH3 is 1. The first-order valence-electron chi connectivity index (χ1n) is 11.1. The lowest BCUT2D eigenvalue weighted by Gasteiger charge is -2.20. The van der Waals surface area contributed by atoms with E-state index in [4.69, 9.17) is 4.74 Å². The van der Waals surface area contributed by atoms with Crippen LogP contribution in [0.1, 0.15) is 29.0 Å². The maximum absolute atomic E-state index is 13.2. The minimum absolute atomic E-state index is 0.0534. The normalized spacial score (nSPS) is 14.4. The number of aromatic amines is 1. The van der Waals surface area contributed by atoms with Crippen LogP contribution >= 0.6 is 0 Å². The molecule has 4 aromatic rings. The summed E-state index contributed by atoms with van der Waals surface area (Å²) in [5, 5.41) is 3.84. The zero-order valence-electron chi connectivity index (χ0n) is 18.7. The first-order valence-corrected chi connectivity index (χ1v) is 12.6. The third kappa shape index (κ3) is 4.30. The van der Waals surface area contributed by atoms with E-state index in [-0.39, 0.29) is 23.3 Å². The van der Waals surface area contributed by atoms with Crippen molar-refractivity contribution in [2.75, 3.05) is 19.0 Å². The van der Waals surface area contributed by atoms with Crippen molar-refractivity contribution in [1.29, 1.82) is 0 Å². The number of aromatic nitrogens is 1. The van der Waals surface area contributed by atoms with Gasteiger partial charge in [0, 0.05) is 41.7 Å². The molecule has 0 aliphatic carbocycles. The number of fused-ring (bicyclic) bond motifs is 2. The van der Waals surface area contributed by atoms with Gasteiger partial charge in [-0.05, 0) is 59.5 Å². The summed E-state index contributed by atoms with van der Waals surface area (Å²) in [6.45, 7) is 0.185. The first kappa shape index (κ1) is 22.2. The number of rotatable bonds is 7. The van der Waals surface area contributed by atoms with Gasteiger partial charge < -0.3 is 15.0 Å². The number of ether oxygens (including phenoxy) is 1. The molecular weight excluding hydrogens is 450 g/mol. The highest BCUT2D eigenvalue weighted by Gasteiger charge is 2.24. The number of anilines is 1. The molecule has 8 heteroatoms. The molecule has 1 unspecified atom stereocenters. The number of benzene rings is 3. The highest BCUT2D eigenvalue weighted by molar-refractivity contribution is 7.89. The topological polar surface area (TPSA) is 100 Å². The number of nitrogens with one attached hydrogen (secondary N) is 3. The fraction of sp³-hybridized carbons (Fsp3) is 0.192. The smallest absolute Gasteiger partial charge is 0.240 e. The van der Waals surface area contributed by atoms with E-state index in [1.54, 1.807) is 19.2 Å². The Hall–Kier alpha value is -3.62.